The van der Waals surface area contributed by atoms with Gasteiger partial charge in [0.1, 0.15) is 29.0 Å². The third-order valence-corrected chi connectivity index (χ3v) is 5.98. The van der Waals surface area contributed by atoms with Gasteiger partial charge in [-0.05, 0) is 61.7 Å². The highest BCUT2D eigenvalue weighted by atomic mass is 19.1. The van der Waals surface area contributed by atoms with Gasteiger partial charge in [0.25, 0.3) is 5.91 Å². The number of methoxy groups -OCH3 is 1. The van der Waals surface area contributed by atoms with Crippen LogP contribution < -0.4 is 15.4 Å². The van der Waals surface area contributed by atoms with E-state index in [1.54, 1.807) is 21.0 Å². The highest BCUT2D eigenvalue weighted by molar-refractivity contribution is 5.98. The van der Waals surface area contributed by atoms with E-state index in [1.807, 2.05) is 24.3 Å². The van der Waals surface area contributed by atoms with Crippen molar-refractivity contribution in [3.63, 3.8) is 0 Å². The Hall–Kier alpha value is -3.00. The first-order chi connectivity index (χ1) is 15.8. The van der Waals surface area contributed by atoms with E-state index in [-0.39, 0.29) is 12.0 Å². The summed E-state index contributed by atoms with van der Waals surface area (Å²) >= 11 is 0. The molecule has 1 aliphatic rings. The molecule has 178 valence electrons. The summed E-state index contributed by atoms with van der Waals surface area (Å²) in [5.74, 6) is -2.81. The van der Waals surface area contributed by atoms with Gasteiger partial charge in [-0.25, -0.2) is 8.78 Å². The molecule has 2 atom stereocenters. The highest BCUT2D eigenvalue weighted by Gasteiger charge is 2.29. The van der Waals surface area contributed by atoms with Crippen LogP contribution in [0.5, 0.6) is 5.75 Å². The van der Waals surface area contributed by atoms with Crippen LogP contribution in [0.15, 0.2) is 42.5 Å². The molecule has 1 aliphatic heterocycles. The number of carbonyl (C=O) groups excluding carboxylic acids is 2. The number of nitrogens with zero attached hydrogens (tertiary/aromatic N) is 1. The molecule has 0 spiro atoms. The smallest absolute Gasteiger partial charge is 0.257 e. The second-order valence-electron chi connectivity index (χ2n) is 8.57. The molecule has 0 saturated carbocycles. The molecular formula is C25H31F2N3O3. The van der Waals surface area contributed by atoms with Crippen molar-refractivity contribution in [3.8, 4) is 5.75 Å². The Morgan fingerprint density at radius 3 is 2.18 bits per heavy atom. The minimum absolute atomic E-state index is 0.0325. The summed E-state index contributed by atoms with van der Waals surface area (Å²) in [6.45, 7) is 5.75. The molecule has 33 heavy (non-hydrogen) atoms. The zero-order valence-corrected chi connectivity index (χ0v) is 19.2. The van der Waals surface area contributed by atoms with E-state index in [9.17, 15) is 18.4 Å². The number of halogens is 2. The lowest BCUT2D eigenvalue weighted by molar-refractivity contribution is -0.124. The van der Waals surface area contributed by atoms with Crippen molar-refractivity contribution in [1.82, 2.24) is 15.5 Å². The van der Waals surface area contributed by atoms with Gasteiger partial charge < -0.3 is 15.4 Å². The summed E-state index contributed by atoms with van der Waals surface area (Å²) < 4.78 is 33.3. The van der Waals surface area contributed by atoms with E-state index in [1.165, 1.54) is 6.07 Å². The first kappa shape index (κ1) is 24.6. The Morgan fingerprint density at radius 2 is 1.64 bits per heavy atom. The number of likely N-dealkylation sites (tertiary alicyclic amines) is 1. The van der Waals surface area contributed by atoms with Crippen molar-refractivity contribution < 1.29 is 23.1 Å². The fraction of sp³-hybridized carbons (Fsp3) is 0.440. The van der Waals surface area contributed by atoms with Crippen molar-refractivity contribution in [2.45, 2.75) is 38.8 Å². The van der Waals surface area contributed by atoms with Crippen LogP contribution in [-0.4, -0.2) is 49.5 Å². The summed E-state index contributed by atoms with van der Waals surface area (Å²) in [4.78, 5) is 27.9. The minimum atomic E-state index is -0.969. The molecule has 2 amide bonds. The lowest BCUT2D eigenvalue weighted by atomic mass is 10.0. The lowest BCUT2D eigenvalue weighted by Crippen LogP contribution is -2.51. The van der Waals surface area contributed by atoms with E-state index in [4.69, 9.17) is 4.74 Å². The molecule has 2 aromatic rings. The summed E-state index contributed by atoms with van der Waals surface area (Å²) in [6, 6.07) is 9.98. The Kier molecular flexibility index (Phi) is 8.38. The monoisotopic (exact) mass is 459 g/mol. The van der Waals surface area contributed by atoms with Gasteiger partial charge >= 0.3 is 0 Å². The number of benzene rings is 2. The lowest BCUT2D eigenvalue weighted by Gasteiger charge is -2.30. The van der Waals surface area contributed by atoms with E-state index in [0.29, 0.717) is 6.54 Å². The van der Waals surface area contributed by atoms with Gasteiger partial charge in [-0.3, -0.25) is 14.5 Å². The van der Waals surface area contributed by atoms with E-state index >= 15 is 0 Å². The topological polar surface area (TPSA) is 70.7 Å². The molecule has 3 rings (SSSR count). The van der Waals surface area contributed by atoms with E-state index in [2.05, 4.69) is 15.5 Å². The normalized spacial score (nSPS) is 15.8. The van der Waals surface area contributed by atoms with Crippen molar-refractivity contribution in [2.24, 2.45) is 5.92 Å². The molecule has 0 bridgehead atoms. The Labute approximate surface area is 193 Å². The quantitative estimate of drug-likeness (QED) is 0.600. The number of rotatable bonds is 9. The second-order valence-corrected chi connectivity index (χ2v) is 8.57. The van der Waals surface area contributed by atoms with Crippen LogP contribution in [0, 0.1) is 17.6 Å². The number of amides is 2. The third kappa shape index (κ3) is 6.07. The zero-order valence-electron chi connectivity index (χ0n) is 19.2. The number of ether oxygens (including phenoxy) is 1. The van der Waals surface area contributed by atoms with Gasteiger partial charge in [-0.15, -0.1) is 0 Å². The summed E-state index contributed by atoms with van der Waals surface area (Å²) in [5.41, 5.74) is 0.362. The molecular weight excluding hydrogens is 428 g/mol. The van der Waals surface area contributed by atoms with E-state index in [0.717, 1.165) is 49.4 Å². The standard InChI is InChI=1S/C25H31F2N3O3/c1-16(2)23(29-24(31)22-19(26)7-6-8-20(22)27)25(32)28-15-21(30-13-4-5-14-30)17-9-11-18(33-3)12-10-17/h6-12,16,21,23H,4-5,13-15H2,1-3H3,(H,28,32)(H,29,31). The maximum absolute atomic E-state index is 14.0. The zero-order chi connectivity index (χ0) is 24.0. The molecule has 8 heteroatoms. The molecule has 0 radical (unpaired) electrons. The predicted molar refractivity (Wildman–Crippen MR) is 122 cm³/mol. The molecule has 0 aromatic heterocycles. The van der Waals surface area contributed by atoms with Crippen LogP contribution in [0.4, 0.5) is 8.78 Å². The molecule has 6 nitrogen and oxygen atoms in total. The van der Waals surface area contributed by atoms with Gasteiger partial charge in [0.05, 0.1) is 13.2 Å². The molecule has 2 N–H and O–H groups in total. The van der Waals surface area contributed by atoms with E-state index < -0.39 is 35.1 Å². The fourth-order valence-corrected chi connectivity index (χ4v) is 4.11. The van der Waals surface area contributed by atoms with Crippen LogP contribution in [0.25, 0.3) is 0 Å². The maximum Gasteiger partial charge on any atom is 0.257 e. The minimum Gasteiger partial charge on any atom is -0.497 e. The summed E-state index contributed by atoms with van der Waals surface area (Å²) in [7, 11) is 1.61. The Bertz CT molecular complexity index is 940. The summed E-state index contributed by atoms with van der Waals surface area (Å²) in [6.07, 6.45) is 2.19. The average Bonchev–Trinajstić information content (AvgIpc) is 3.32. The van der Waals surface area contributed by atoms with Gasteiger partial charge in [-0.2, -0.15) is 0 Å². The Morgan fingerprint density at radius 1 is 1.03 bits per heavy atom. The first-order valence-electron chi connectivity index (χ1n) is 11.2. The molecule has 2 aromatic carbocycles. The van der Waals surface area contributed by atoms with Crippen molar-refractivity contribution in [3.05, 3.63) is 65.2 Å². The third-order valence-electron chi connectivity index (χ3n) is 5.98. The van der Waals surface area contributed by atoms with Gasteiger partial charge in [-0.1, -0.05) is 32.0 Å². The van der Waals surface area contributed by atoms with Crippen LogP contribution in [0.2, 0.25) is 0 Å². The highest BCUT2D eigenvalue weighted by Crippen LogP contribution is 2.26. The Balaban J connectivity index is 1.71. The second kappa shape index (κ2) is 11.2. The average molecular weight is 460 g/mol. The van der Waals surface area contributed by atoms with Gasteiger partial charge in [0.15, 0.2) is 0 Å². The summed E-state index contributed by atoms with van der Waals surface area (Å²) in [5, 5.41) is 5.44. The maximum atomic E-state index is 14.0. The molecule has 2 unspecified atom stereocenters. The van der Waals surface area contributed by atoms with Crippen LogP contribution in [-0.2, 0) is 4.79 Å². The number of nitrogens with one attached hydrogen (secondary N) is 2. The molecule has 1 saturated heterocycles. The number of hydrogen-bond donors (Lipinski definition) is 2. The van der Waals surface area contributed by atoms with Crippen molar-refractivity contribution in [1.29, 1.82) is 0 Å². The molecule has 0 aliphatic carbocycles. The predicted octanol–water partition coefficient (Wildman–Crippen LogP) is 3.68. The number of carbonyl (C=O) groups is 2. The van der Waals surface area contributed by atoms with Gasteiger partial charge in [0.2, 0.25) is 5.91 Å². The van der Waals surface area contributed by atoms with Crippen LogP contribution in [0.3, 0.4) is 0 Å². The van der Waals surface area contributed by atoms with Crippen LogP contribution >= 0.6 is 0 Å². The first-order valence-corrected chi connectivity index (χ1v) is 11.2. The number of hydrogen-bond acceptors (Lipinski definition) is 4. The van der Waals surface area contributed by atoms with Crippen molar-refractivity contribution in [2.75, 3.05) is 26.7 Å². The molecule has 1 fully saturated rings. The largest absolute Gasteiger partial charge is 0.497 e. The fourth-order valence-electron chi connectivity index (χ4n) is 4.11. The SMILES string of the molecule is COc1ccc(C(CNC(=O)C(NC(=O)c2c(F)cccc2F)C(C)C)N2CCCC2)cc1. The van der Waals surface area contributed by atoms with Crippen LogP contribution in [0.1, 0.15) is 48.7 Å². The van der Waals surface area contributed by atoms with Crippen molar-refractivity contribution >= 4 is 11.8 Å². The van der Waals surface area contributed by atoms with Gasteiger partial charge in [0, 0.05) is 6.54 Å². The molecule has 1 heterocycles.